The zero-order valence-corrected chi connectivity index (χ0v) is 83.8. The Morgan fingerprint density at radius 2 is 0.667 bits per heavy atom. The molecule has 34 heteroatoms. The first-order valence-corrected chi connectivity index (χ1v) is 50.3. The molecule has 4 unspecified atom stereocenters. The second-order valence-corrected chi connectivity index (χ2v) is 40.0. The van der Waals surface area contributed by atoms with Crippen molar-refractivity contribution in [3.63, 3.8) is 0 Å². The van der Waals surface area contributed by atoms with Crippen LogP contribution in [0.15, 0.2) is 164 Å². The number of likely N-dealkylation sites (tertiary alicyclic amines) is 3. The van der Waals surface area contributed by atoms with Crippen LogP contribution in [0.2, 0.25) is 0 Å². The Labute approximate surface area is 850 Å². The summed E-state index contributed by atoms with van der Waals surface area (Å²) in [5.74, 6) is 4.09. The fourth-order valence-electron chi connectivity index (χ4n) is 21.9. The summed E-state index contributed by atoms with van der Waals surface area (Å²) in [6.45, 7) is 22.0. The van der Waals surface area contributed by atoms with E-state index >= 15 is 0 Å². The van der Waals surface area contributed by atoms with E-state index < -0.39 is 11.9 Å². The van der Waals surface area contributed by atoms with Gasteiger partial charge in [-0.05, 0) is 270 Å². The van der Waals surface area contributed by atoms with Crippen molar-refractivity contribution in [2.75, 3.05) is 52.4 Å². The normalized spacial score (nSPS) is 18.4. The number of carbonyl (C=O) groups excluding carboxylic acids is 5. The summed E-state index contributed by atoms with van der Waals surface area (Å²) in [6.07, 6.45) is 13.3. The lowest BCUT2D eigenvalue weighted by Crippen LogP contribution is -2.30. The van der Waals surface area contributed by atoms with E-state index in [9.17, 15) is 54.6 Å². The van der Waals surface area contributed by atoms with Gasteiger partial charge in [0.05, 0.1) is 53.3 Å². The highest BCUT2D eigenvalue weighted by atomic mass is 16.5. The number of fused-ring (bicyclic) bond motifs is 8. The summed E-state index contributed by atoms with van der Waals surface area (Å²) in [4.78, 5) is 108. The zero-order chi connectivity index (χ0) is 104. The molecule has 4 aromatic heterocycles. The number of benzene rings is 8. The number of unbranched alkanes of at least 4 members (excludes halogenated alkanes) is 3. The highest BCUT2D eigenvalue weighted by Gasteiger charge is 2.53. The van der Waals surface area contributed by atoms with Crippen LogP contribution in [0, 0.1) is 45.3 Å². The van der Waals surface area contributed by atoms with Crippen LogP contribution in [0.25, 0.3) is 91.4 Å². The maximum Gasteiger partial charge on any atom is 0.305 e. The number of nitrogens with zero attached hydrogens (tertiary/aromatic N) is 15. The average Bonchev–Trinajstić information content (AvgIpc) is 1.59. The number of nitriles is 4. The molecule has 4 atom stereocenters. The molecule has 34 nitrogen and oxygen atoms in total. The van der Waals surface area contributed by atoms with E-state index in [-0.39, 0.29) is 88.5 Å². The maximum absolute atomic E-state index is 13.0. The Balaban J connectivity index is 0.000000134. The molecule has 3 N–H and O–H groups in total. The minimum absolute atomic E-state index is 0.0261. The number of hydrogen-bond donors (Lipinski definition) is 3. The lowest BCUT2D eigenvalue weighted by Gasteiger charge is -2.25. The number of aromatic nitrogens is 8. The van der Waals surface area contributed by atoms with Crippen molar-refractivity contribution in [2.45, 2.75) is 243 Å². The van der Waals surface area contributed by atoms with E-state index in [0.29, 0.717) is 231 Å². The summed E-state index contributed by atoms with van der Waals surface area (Å²) in [7, 11) is 0. The molecule has 0 saturated carbocycles. The minimum Gasteiger partial charge on any atom is -0.490 e. The van der Waals surface area contributed by atoms with Crippen LogP contribution in [0.4, 0.5) is 0 Å². The smallest absolute Gasteiger partial charge is 0.305 e. The second kappa shape index (κ2) is 44.1. The molecule has 147 heavy (non-hydrogen) atoms. The van der Waals surface area contributed by atoms with E-state index in [1.807, 2.05) is 131 Å². The van der Waals surface area contributed by atoms with Gasteiger partial charge in [-0.1, -0.05) is 93.4 Å². The molecule has 4 saturated heterocycles. The molecule has 0 radical (unpaired) electrons. The number of carboxylic acids is 2. The first kappa shape index (κ1) is 102. The van der Waals surface area contributed by atoms with E-state index in [1.165, 1.54) is 16.7 Å². The van der Waals surface area contributed by atoms with Crippen LogP contribution in [0.5, 0.6) is 23.0 Å². The molecule has 8 aliphatic rings. The second-order valence-electron chi connectivity index (χ2n) is 40.0. The fourth-order valence-corrected chi connectivity index (χ4v) is 21.9. The van der Waals surface area contributed by atoms with Gasteiger partial charge in [-0.3, -0.25) is 33.6 Å². The predicted molar refractivity (Wildman–Crippen MR) is 537 cm³/mol. The molecule has 4 spiro atoms. The van der Waals surface area contributed by atoms with Crippen molar-refractivity contribution in [3.05, 3.63) is 212 Å². The first-order chi connectivity index (χ1) is 70.9. The number of hydrogen-bond acceptors (Lipinski definition) is 28. The Morgan fingerprint density at radius 1 is 0.388 bits per heavy atom. The molecule has 4 amide bonds. The summed E-state index contributed by atoms with van der Waals surface area (Å²) < 4.78 is 50.2. The van der Waals surface area contributed by atoms with Gasteiger partial charge in [0.1, 0.15) is 47.3 Å². The number of nitrogens with one attached hydrogen (secondary N) is 1. The van der Waals surface area contributed by atoms with Crippen LogP contribution < -0.4 is 24.3 Å². The molecule has 12 aromatic rings. The number of amides is 4. The van der Waals surface area contributed by atoms with Crippen molar-refractivity contribution in [1.82, 2.24) is 60.6 Å². The van der Waals surface area contributed by atoms with E-state index in [2.05, 4.69) is 94.4 Å². The Bertz CT molecular complexity index is 6990. The van der Waals surface area contributed by atoms with Crippen molar-refractivity contribution in [1.29, 1.82) is 21.0 Å². The molecule has 0 bridgehead atoms. The Morgan fingerprint density at radius 3 is 0.925 bits per heavy atom. The summed E-state index contributed by atoms with van der Waals surface area (Å²) >= 11 is 0. The van der Waals surface area contributed by atoms with E-state index in [4.69, 9.17) is 52.0 Å². The average molecular weight is 1990 g/mol. The van der Waals surface area contributed by atoms with Gasteiger partial charge in [0.15, 0.2) is 0 Å². The van der Waals surface area contributed by atoms with Crippen molar-refractivity contribution in [3.8, 4) is 139 Å². The monoisotopic (exact) mass is 1980 g/mol. The molecular weight excluding hydrogens is 1870 g/mol. The van der Waals surface area contributed by atoms with Crippen LogP contribution in [0.1, 0.15) is 238 Å². The predicted octanol–water partition coefficient (Wildman–Crippen LogP) is 18.4. The van der Waals surface area contributed by atoms with Gasteiger partial charge in [-0.15, -0.1) is 0 Å². The molecule has 20 rings (SSSR count). The lowest BCUT2D eigenvalue weighted by atomic mass is 9.80. The van der Waals surface area contributed by atoms with Crippen LogP contribution in [-0.4, -0.2) is 184 Å². The Kier molecular flexibility index (Phi) is 30.7. The third-order valence-electron chi connectivity index (χ3n) is 28.5. The molecule has 4 fully saturated rings. The highest BCUT2D eigenvalue weighted by Crippen LogP contribution is 2.54. The van der Waals surface area contributed by atoms with E-state index in [0.717, 1.165) is 108 Å². The number of aliphatic carboxylic acids is 2. The van der Waals surface area contributed by atoms with Gasteiger partial charge in [0, 0.05) is 157 Å². The van der Waals surface area contributed by atoms with Gasteiger partial charge in [-0.2, -0.15) is 41.0 Å². The summed E-state index contributed by atoms with van der Waals surface area (Å²) in [6, 6.07) is 54.0. The molecule has 4 aliphatic heterocycles. The standard InChI is InChI=1S/C31H34N4O5.2C29H30N4O5.C24H22N4O3/c1-4-38-28(37)10-5-6-15-35-19-31(17-27(35)36)14-13-23-24(8-7-9-25(23)31)29-33-30(40-34-29)21-11-12-26(39-20(2)3)22(16-21)18-32;2*1-18(2)37-24-10-9-19(14-20(24)16-30)28-31-27(32-38-28)22-6-5-7-23-21(22)11-12-29(23)15-25(34)33(17-29)13-4-3-8-26(35)36;1-14(2)30-20-7-6-15(10-16(20)12-25)23-27-22(28-31-23)18-4-3-5-19-17(18)8-9-24(19)11-21(29)26-13-24/h7-9,11-12,16,20H,4-6,10,13-15,17,19H2,1-3H3;2*5-7,9-10,14,18H,3-4,8,11-13,15,17H2,1-2H3,(H,35,36);3-7,10,14H,8-9,11,13H2,1-2H3,(H,26,29). The van der Waals surface area contributed by atoms with Crippen molar-refractivity contribution >= 4 is 41.5 Å². The largest absolute Gasteiger partial charge is 0.490 e. The van der Waals surface area contributed by atoms with Crippen LogP contribution in [0.3, 0.4) is 0 Å². The van der Waals surface area contributed by atoms with Gasteiger partial charge in [0.2, 0.25) is 46.9 Å². The van der Waals surface area contributed by atoms with Gasteiger partial charge in [-0.25, -0.2) is 0 Å². The maximum atomic E-state index is 13.0. The Hall–Kier alpha value is -16.2. The molecular formula is C113H116N16O18. The van der Waals surface area contributed by atoms with Gasteiger partial charge >= 0.3 is 17.9 Å². The number of ether oxygens (including phenoxy) is 5. The van der Waals surface area contributed by atoms with E-state index in [1.54, 1.807) is 67.6 Å². The molecule has 8 heterocycles. The highest BCUT2D eigenvalue weighted by molar-refractivity contribution is 5.86. The van der Waals surface area contributed by atoms with Crippen LogP contribution in [-0.2, 0) is 85.6 Å². The number of rotatable bonds is 32. The third kappa shape index (κ3) is 22.2. The minimum atomic E-state index is -0.807. The summed E-state index contributed by atoms with van der Waals surface area (Å²) in [5.41, 5.74) is 16.3. The number of carboxylic acid groups (broad SMARTS) is 2. The van der Waals surface area contributed by atoms with Crippen molar-refractivity contribution < 1.29 is 85.6 Å². The topological polar surface area (TPSA) is 479 Å². The summed E-state index contributed by atoms with van der Waals surface area (Å²) in [5, 5.41) is 75.9. The number of carbonyl (C=O) groups is 7. The third-order valence-corrected chi connectivity index (χ3v) is 28.5. The van der Waals surface area contributed by atoms with Crippen LogP contribution >= 0.6 is 0 Å². The molecule has 756 valence electrons. The fraction of sp³-hybridized carbons (Fsp3) is 0.407. The molecule has 8 aromatic carbocycles. The SMILES string of the molecule is CC(C)Oc1ccc(-c2nc(-c3cccc4c3CCC43CC(=O)N(CCCCC(=O)O)C3)no2)cc1C#N.CC(C)Oc1ccc(-c2nc(-c3cccc4c3CCC43CC(=O)N(CCCCC(=O)O)C3)no2)cc1C#N.CC(C)Oc1ccc(-c2nc(-c3cccc4c3CCC43CNC(=O)C3)no2)cc1C#N.CCOC(=O)CCCCN1CC2(CCc3c(-c4noc(-c5ccc(OC(C)C)c(C#N)c5)n4)cccc32)CC1=O. The first-order valence-electron chi connectivity index (χ1n) is 50.3. The molecule has 4 aliphatic carbocycles. The quantitative estimate of drug-likeness (QED) is 0.0260. The number of esters is 1. The van der Waals surface area contributed by atoms with Gasteiger partial charge < -0.3 is 72.0 Å². The zero-order valence-electron chi connectivity index (χ0n) is 83.8. The lowest BCUT2D eigenvalue weighted by molar-refractivity contribution is -0.143. The van der Waals surface area contributed by atoms with Gasteiger partial charge in [0.25, 0.3) is 23.6 Å². The van der Waals surface area contributed by atoms with Crippen molar-refractivity contribution in [2.24, 2.45) is 0 Å².